The zero-order chi connectivity index (χ0) is 44.6. The number of halogens is 1. The fourth-order valence-corrected chi connectivity index (χ4v) is 13.3. The molecule has 346 valence electrons. The highest BCUT2D eigenvalue weighted by Crippen LogP contribution is 2.47. The first kappa shape index (κ1) is 45.3. The van der Waals surface area contributed by atoms with Crippen LogP contribution in [0, 0.1) is 17.8 Å². The molecule has 16 heteroatoms. The fraction of sp³-hybridized carbons (Fsp3) is 0.604. The number of hydrogen-bond donors (Lipinski definition) is 0. The Balaban J connectivity index is 1.06. The molecular formula is C48H63ClN6O8S. The van der Waals surface area contributed by atoms with Gasteiger partial charge in [-0.15, -0.1) is 5.10 Å². The number of fused-ring (bicyclic) bond motifs is 4. The number of methoxy groups -OCH3 is 2. The lowest BCUT2D eigenvalue weighted by Gasteiger charge is -2.46. The first-order valence-corrected chi connectivity index (χ1v) is 25.2. The molecule has 1 spiro atoms. The number of Topliss-reactive ketones (excluding diaryl/α,β-unsaturated/α-hetero) is 1. The maximum atomic E-state index is 15.4. The van der Waals surface area contributed by atoms with Crippen molar-refractivity contribution in [3.8, 4) is 11.6 Å². The van der Waals surface area contributed by atoms with Crippen molar-refractivity contribution < 1.29 is 37.5 Å². The summed E-state index contributed by atoms with van der Waals surface area (Å²) in [5.74, 6) is -0.657. The van der Waals surface area contributed by atoms with Crippen LogP contribution >= 0.6 is 11.6 Å². The van der Waals surface area contributed by atoms with Crippen LogP contribution in [-0.4, -0.2) is 152 Å². The maximum Gasteiger partial charge on any atom is 0.285 e. The first-order chi connectivity index (χ1) is 30.9. The number of hydrogen-bond acceptors (Lipinski definition) is 12. The van der Waals surface area contributed by atoms with Crippen molar-refractivity contribution in [2.24, 2.45) is 29.2 Å². The number of aromatic nitrogens is 2. The van der Waals surface area contributed by atoms with E-state index in [1.54, 1.807) is 26.4 Å². The summed E-state index contributed by atoms with van der Waals surface area (Å²) in [6.07, 6.45) is 10.1. The molecule has 3 fully saturated rings. The van der Waals surface area contributed by atoms with E-state index in [2.05, 4.69) is 48.4 Å². The van der Waals surface area contributed by atoms with Gasteiger partial charge < -0.3 is 28.6 Å². The van der Waals surface area contributed by atoms with E-state index in [9.17, 15) is 9.59 Å². The number of ether oxygens (including phenoxy) is 5. The molecule has 9 rings (SSSR count). The number of nitrogens with zero attached hydrogens (tertiary/aromatic N) is 6. The summed E-state index contributed by atoms with van der Waals surface area (Å²) in [7, 11) is 1.36. The third kappa shape index (κ3) is 9.54. The Morgan fingerprint density at radius 1 is 1.05 bits per heavy atom. The Hall–Kier alpha value is -3.83. The van der Waals surface area contributed by atoms with E-state index < -0.39 is 33.3 Å². The largest absolute Gasteiger partial charge is 0.490 e. The van der Waals surface area contributed by atoms with Gasteiger partial charge in [0.05, 0.1) is 73.0 Å². The van der Waals surface area contributed by atoms with E-state index in [4.69, 9.17) is 35.3 Å². The van der Waals surface area contributed by atoms with E-state index >= 15 is 4.21 Å². The summed E-state index contributed by atoms with van der Waals surface area (Å²) in [5.41, 5.74) is 3.50. The van der Waals surface area contributed by atoms with Gasteiger partial charge in [-0.05, 0) is 91.3 Å². The predicted molar refractivity (Wildman–Crippen MR) is 247 cm³/mol. The minimum Gasteiger partial charge on any atom is -0.490 e. The molecule has 6 aliphatic rings. The molecular weight excluding hydrogens is 856 g/mol. The smallest absolute Gasteiger partial charge is 0.285 e. The molecule has 2 aliphatic carbocycles. The second-order valence-electron chi connectivity index (χ2n) is 18.9. The lowest BCUT2D eigenvalue weighted by molar-refractivity contribution is -0.0786. The number of carbonyl (C=O) groups excluding carboxylic acids is 2. The molecule has 2 bridgehead atoms. The van der Waals surface area contributed by atoms with Crippen molar-refractivity contribution in [3.05, 3.63) is 82.0 Å². The van der Waals surface area contributed by atoms with E-state index in [1.807, 2.05) is 25.1 Å². The average Bonchev–Trinajstić information content (AvgIpc) is 3.57. The fourth-order valence-electron chi connectivity index (χ4n) is 10.8. The van der Waals surface area contributed by atoms with Crippen LogP contribution in [-0.2, 0) is 42.8 Å². The van der Waals surface area contributed by atoms with E-state index in [0.29, 0.717) is 37.5 Å². The molecule has 1 aromatic heterocycles. The molecule has 3 aromatic rings. The van der Waals surface area contributed by atoms with Gasteiger partial charge in [0.15, 0.2) is 5.78 Å². The molecule has 14 nitrogen and oxygen atoms in total. The number of benzene rings is 2. The van der Waals surface area contributed by atoms with Crippen LogP contribution in [0.4, 0.5) is 5.69 Å². The number of rotatable bonds is 10. The minimum absolute atomic E-state index is 0.0555. The van der Waals surface area contributed by atoms with E-state index in [1.165, 1.54) is 22.9 Å². The summed E-state index contributed by atoms with van der Waals surface area (Å²) in [6, 6.07) is 12.2. The van der Waals surface area contributed by atoms with E-state index in [-0.39, 0.29) is 46.1 Å². The lowest BCUT2D eigenvalue weighted by Crippen LogP contribution is -2.56. The van der Waals surface area contributed by atoms with Gasteiger partial charge in [-0.25, -0.2) is 4.21 Å². The molecule has 0 unspecified atom stereocenters. The number of carbonyl (C=O) groups is 2. The zero-order valence-corrected chi connectivity index (χ0v) is 39.2. The van der Waals surface area contributed by atoms with Gasteiger partial charge in [0.2, 0.25) is 5.88 Å². The van der Waals surface area contributed by atoms with Gasteiger partial charge in [-0.2, -0.15) is 4.36 Å². The van der Waals surface area contributed by atoms with Crippen molar-refractivity contribution in [3.63, 3.8) is 0 Å². The topological polar surface area (TPSA) is 137 Å². The third-order valence-corrected chi connectivity index (χ3v) is 17.1. The summed E-state index contributed by atoms with van der Waals surface area (Å²) < 4.78 is 52.0. The molecule has 2 saturated heterocycles. The van der Waals surface area contributed by atoms with Crippen LogP contribution in [0.15, 0.2) is 59.1 Å². The van der Waals surface area contributed by atoms with Gasteiger partial charge in [-0.1, -0.05) is 36.7 Å². The predicted octanol–water partition coefficient (Wildman–Crippen LogP) is 5.70. The molecule has 4 aliphatic heterocycles. The molecule has 1 amide bonds. The van der Waals surface area contributed by atoms with Crippen LogP contribution in [0.5, 0.6) is 11.6 Å². The van der Waals surface area contributed by atoms with Gasteiger partial charge in [-0.3, -0.25) is 24.1 Å². The summed E-state index contributed by atoms with van der Waals surface area (Å²) in [5, 5.41) is 4.99. The molecule has 0 radical (unpaired) electrons. The number of amides is 1. The highest BCUT2D eigenvalue weighted by molar-refractivity contribution is 7.94. The Kier molecular flexibility index (Phi) is 13.6. The number of aryl methyl sites for hydroxylation is 2. The molecule has 7 atom stereocenters. The monoisotopic (exact) mass is 918 g/mol. The van der Waals surface area contributed by atoms with Crippen LogP contribution in [0.25, 0.3) is 0 Å². The van der Waals surface area contributed by atoms with Crippen molar-refractivity contribution >= 4 is 38.7 Å². The molecule has 1 saturated carbocycles. The standard InChI is InChI=1S/C48H63ClN6O8S/c1-32-28-64(58,29-42(56)39-25-52(2)50-47(39)60-4)51-46(57)34-8-12-45-41(23-34)55(30-48(31-63-45)15-5-6-33-22-36(49)9-11-40(33)48)24-35-7-10-38(35)44(59-3)14-13-43(32)62-21-20-53-16-18-54(19-17-53)37-26-61-27-37/h8-9,11-14,22-23,25,32,35,37-38,43-44H,5-7,10,15-21,24,26-31H2,1-4H3/b14-13+/t32-,35+,38-,43+,44+,48+,64-/m1/s1. The quantitative estimate of drug-likeness (QED) is 0.183. The lowest BCUT2D eigenvalue weighted by atomic mass is 9.68. The van der Waals surface area contributed by atoms with Crippen molar-refractivity contribution in [1.29, 1.82) is 0 Å². The Morgan fingerprint density at radius 2 is 1.86 bits per heavy atom. The van der Waals surface area contributed by atoms with Crippen LogP contribution < -0.4 is 14.4 Å². The summed E-state index contributed by atoms with van der Waals surface area (Å²) in [6.45, 7) is 10.6. The normalized spacial score (nSPS) is 30.8. The van der Waals surface area contributed by atoms with Gasteiger partial charge in [0.25, 0.3) is 5.91 Å². The zero-order valence-electron chi connectivity index (χ0n) is 37.6. The maximum absolute atomic E-state index is 15.4. The summed E-state index contributed by atoms with van der Waals surface area (Å²) in [4.78, 5) is 35.9. The van der Waals surface area contributed by atoms with Gasteiger partial charge in [0, 0.05) is 87.9 Å². The Labute approximate surface area is 382 Å². The number of ketones is 1. The molecule has 5 heterocycles. The van der Waals surface area contributed by atoms with Crippen molar-refractivity contribution in [2.45, 2.75) is 62.7 Å². The number of piperazine rings is 1. The van der Waals surface area contributed by atoms with E-state index in [0.717, 1.165) is 95.3 Å². The molecule has 0 N–H and O–H groups in total. The number of anilines is 1. The summed E-state index contributed by atoms with van der Waals surface area (Å²) >= 11 is 6.53. The van der Waals surface area contributed by atoms with Gasteiger partial charge in [0.1, 0.15) is 11.3 Å². The van der Waals surface area contributed by atoms with Crippen LogP contribution in [0.2, 0.25) is 5.02 Å². The highest BCUT2D eigenvalue weighted by atomic mass is 35.5. The Morgan fingerprint density at radius 3 is 2.59 bits per heavy atom. The molecule has 2 aromatic carbocycles. The SMILES string of the molecule is COc1nn(C)cc1C(=O)C[S@@]1(=O)=NC(=O)c2ccc3c(c2)N(C[C@@H]2CC[C@H]2[C@@H](OC)/C=C/[C@H](OCCN2CCN(C4COC4)CC2)[C@H](C)C1)C[C@@]1(CCCc2cc(Cl)ccc21)CO3. The Bertz CT molecular complexity index is 2350. The van der Waals surface area contributed by atoms with Crippen molar-refractivity contribution in [1.82, 2.24) is 19.6 Å². The average molecular weight is 920 g/mol. The van der Waals surface area contributed by atoms with Crippen LogP contribution in [0.3, 0.4) is 0 Å². The molecule has 64 heavy (non-hydrogen) atoms. The highest BCUT2D eigenvalue weighted by Gasteiger charge is 2.45. The van der Waals surface area contributed by atoms with Crippen molar-refractivity contribution in [2.75, 3.05) is 103 Å². The second kappa shape index (κ2) is 19.2. The minimum atomic E-state index is -3.54. The third-order valence-electron chi connectivity index (χ3n) is 14.6. The van der Waals surface area contributed by atoms with Gasteiger partial charge >= 0.3 is 0 Å². The first-order valence-electron chi connectivity index (χ1n) is 23.0. The second-order valence-corrected chi connectivity index (χ2v) is 21.7. The van der Waals surface area contributed by atoms with Crippen LogP contribution in [0.1, 0.15) is 64.4 Å².